The molecule has 1 amide bonds. The first kappa shape index (κ1) is 12.2. The molecule has 0 bridgehead atoms. The highest BCUT2D eigenvalue weighted by atomic mass is 16.5. The lowest BCUT2D eigenvalue weighted by atomic mass is 10.1. The minimum absolute atomic E-state index is 0.0784. The number of fused-ring (bicyclic) bond motifs is 1. The summed E-state index contributed by atoms with van der Waals surface area (Å²) in [5.74, 6) is 0.238. The van der Waals surface area contributed by atoms with Crippen LogP contribution in [0.15, 0.2) is 11.6 Å². The topological polar surface area (TPSA) is 38.8 Å². The fourth-order valence-electron chi connectivity index (χ4n) is 3.47. The molecule has 0 radical (unpaired) electrons. The van der Waals surface area contributed by atoms with Gasteiger partial charge in [0.25, 0.3) is 0 Å². The maximum absolute atomic E-state index is 12.5. The molecule has 3 aliphatic rings. The highest BCUT2D eigenvalue weighted by Gasteiger charge is 2.44. The predicted octanol–water partition coefficient (Wildman–Crippen LogP) is 1.50. The Kier molecular flexibility index (Phi) is 3.39. The van der Waals surface area contributed by atoms with Gasteiger partial charge in [0.15, 0.2) is 0 Å². The number of allylic oxidation sites excluding steroid dienone is 1. The smallest absolute Gasteiger partial charge is 0.249 e. The zero-order valence-electron chi connectivity index (χ0n) is 10.9. The molecule has 3 rings (SSSR count). The number of amides is 1. The Morgan fingerprint density at radius 2 is 2.39 bits per heavy atom. The summed E-state index contributed by atoms with van der Waals surface area (Å²) >= 11 is 0. The van der Waals surface area contributed by atoms with E-state index in [1.165, 1.54) is 0 Å². The van der Waals surface area contributed by atoms with E-state index >= 15 is 0 Å². The Labute approximate surface area is 108 Å². The van der Waals surface area contributed by atoms with E-state index in [-0.39, 0.29) is 24.2 Å². The van der Waals surface area contributed by atoms with Crippen LogP contribution in [0.3, 0.4) is 0 Å². The van der Waals surface area contributed by atoms with Crippen molar-refractivity contribution in [1.82, 2.24) is 4.90 Å². The van der Waals surface area contributed by atoms with Crippen LogP contribution in [0.25, 0.3) is 0 Å². The first-order chi connectivity index (χ1) is 8.81. The maximum Gasteiger partial charge on any atom is 0.249 e. The number of hydrogen-bond acceptors (Lipinski definition) is 3. The number of morpholine rings is 1. The first-order valence-electron chi connectivity index (χ1n) is 6.95. The van der Waals surface area contributed by atoms with Crippen LogP contribution in [0.4, 0.5) is 0 Å². The monoisotopic (exact) mass is 251 g/mol. The van der Waals surface area contributed by atoms with Crippen molar-refractivity contribution in [2.75, 3.05) is 20.3 Å². The van der Waals surface area contributed by atoms with Crippen molar-refractivity contribution in [3.05, 3.63) is 11.6 Å². The van der Waals surface area contributed by atoms with Crippen LogP contribution in [0, 0.1) is 0 Å². The highest BCUT2D eigenvalue weighted by Crippen LogP contribution is 2.33. The molecule has 1 saturated carbocycles. The first-order valence-corrected chi connectivity index (χ1v) is 6.95. The summed E-state index contributed by atoms with van der Waals surface area (Å²) < 4.78 is 11.3. The lowest BCUT2D eigenvalue weighted by molar-refractivity contribution is -0.146. The van der Waals surface area contributed by atoms with Crippen molar-refractivity contribution in [1.29, 1.82) is 0 Å². The van der Waals surface area contributed by atoms with Crippen LogP contribution in [-0.4, -0.2) is 49.3 Å². The van der Waals surface area contributed by atoms with Gasteiger partial charge in [-0.05, 0) is 32.1 Å². The van der Waals surface area contributed by atoms with Gasteiger partial charge in [0.2, 0.25) is 5.91 Å². The van der Waals surface area contributed by atoms with Crippen molar-refractivity contribution < 1.29 is 14.3 Å². The number of rotatable bonds is 2. The van der Waals surface area contributed by atoms with E-state index in [4.69, 9.17) is 9.47 Å². The molecular weight excluding hydrogens is 230 g/mol. The van der Waals surface area contributed by atoms with Gasteiger partial charge in [-0.2, -0.15) is 0 Å². The second kappa shape index (κ2) is 5.02. The standard InChI is InChI=1S/C14H21NO3/c1-17-12-7-6-11-13(12)18-9-8-15(11)14(16)10-4-2-3-5-10/h4,11-13H,2-3,5-9H2,1H3/t11-,12-,13+/m1/s1. The van der Waals surface area contributed by atoms with Crippen LogP contribution in [0.1, 0.15) is 32.1 Å². The molecule has 3 atom stereocenters. The fourth-order valence-corrected chi connectivity index (χ4v) is 3.47. The molecule has 18 heavy (non-hydrogen) atoms. The summed E-state index contributed by atoms with van der Waals surface area (Å²) in [5.41, 5.74) is 1.01. The van der Waals surface area contributed by atoms with Crippen LogP contribution < -0.4 is 0 Å². The molecule has 0 unspecified atom stereocenters. The third-order valence-corrected chi connectivity index (χ3v) is 4.41. The van der Waals surface area contributed by atoms with E-state index < -0.39 is 0 Å². The molecule has 0 aromatic rings. The van der Waals surface area contributed by atoms with E-state index in [1.54, 1.807) is 7.11 Å². The van der Waals surface area contributed by atoms with Crippen molar-refractivity contribution in [3.8, 4) is 0 Å². The molecule has 2 aliphatic carbocycles. The van der Waals surface area contributed by atoms with E-state index in [0.717, 1.165) is 44.2 Å². The minimum atomic E-state index is 0.0784. The van der Waals surface area contributed by atoms with Crippen molar-refractivity contribution in [2.45, 2.75) is 50.4 Å². The molecule has 1 saturated heterocycles. The molecule has 0 aromatic heterocycles. The molecule has 2 fully saturated rings. The van der Waals surface area contributed by atoms with Gasteiger partial charge < -0.3 is 14.4 Å². The Hall–Kier alpha value is -0.870. The van der Waals surface area contributed by atoms with Gasteiger partial charge in [-0.25, -0.2) is 0 Å². The predicted molar refractivity (Wildman–Crippen MR) is 67.2 cm³/mol. The minimum Gasteiger partial charge on any atom is -0.379 e. The number of carbonyl (C=O) groups is 1. The number of nitrogens with zero attached hydrogens (tertiary/aromatic N) is 1. The summed E-state index contributed by atoms with van der Waals surface area (Å²) in [6.07, 6.45) is 7.46. The third kappa shape index (κ3) is 1.97. The van der Waals surface area contributed by atoms with E-state index in [0.29, 0.717) is 6.61 Å². The molecule has 100 valence electrons. The van der Waals surface area contributed by atoms with Crippen molar-refractivity contribution in [2.24, 2.45) is 0 Å². The maximum atomic E-state index is 12.5. The second-order valence-electron chi connectivity index (χ2n) is 5.37. The highest BCUT2D eigenvalue weighted by molar-refractivity contribution is 5.94. The summed E-state index contributed by atoms with van der Waals surface area (Å²) in [6.45, 7) is 1.37. The van der Waals surface area contributed by atoms with Gasteiger partial charge in [0.05, 0.1) is 18.8 Å². The van der Waals surface area contributed by atoms with Crippen molar-refractivity contribution in [3.63, 3.8) is 0 Å². The SMILES string of the molecule is CO[C@@H]1CC[C@@H]2[C@@H]1OCCN2C(=O)C1=CCCC1. The summed E-state index contributed by atoms with van der Waals surface area (Å²) in [4.78, 5) is 14.5. The summed E-state index contributed by atoms with van der Waals surface area (Å²) in [7, 11) is 1.73. The Morgan fingerprint density at radius 3 is 3.11 bits per heavy atom. The molecule has 0 N–H and O–H groups in total. The van der Waals surface area contributed by atoms with E-state index in [1.807, 2.05) is 4.90 Å². The van der Waals surface area contributed by atoms with Gasteiger partial charge in [0.1, 0.15) is 6.10 Å². The van der Waals surface area contributed by atoms with Crippen LogP contribution in [0.5, 0.6) is 0 Å². The van der Waals surface area contributed by atoms with Crippen LogP contribution in [-0.2, 0) is 14.3 Å². The number of carbonyl (C=O) groups excluding carboxylic acids is 1. The van der Waals surface area contributed by atoms with E-state index in [2.05, 4.69) is 6.08 Å². The summed E-state index contributed by atoms with van der Waals surface area (Å²) in [6, 6.07) is 0.220. The largest absolute Gasteiger partial charge is 0.379 e. The molecule has 0 spiro atoms. The molecule has 1 aliphatic heterocycles. The zero-order chi connectivity index (χ0) is 12.5. The molecule has 1 heterocycles. The number of hydrogen-bond donors (Lipinski definition) is 0. The average Bonchev–Trinajstić information content (AvgIpc) is 3.06. The molecule has 4 nitrogen and oxygen atoms in total. The van der Waals surface area contributed by atoms with Gasteiger partial charge in [-0.3, -0.25) is 4.79 Å². The van der Waals surface area contributed by atoms with Crippen LogP contribution >= 0.6 is 0 Å². The van der Waals surface area contributed by atoms with Gasteiger partial charge >= 0.3 is 0 Å². The molecule has 4 heteroatoms. The number of methoxy groups -OCH3 is 1. The lowest BCUT2D eigenvalue weighted by Gasteiger charge is -2.39. The Balaban J connectivity index is 1.74. The normalized spacial score (nSPS) is 35.5. The number of ether oxygens (including phenoxy) is 2. The van der Waals surface area contributed by atoms with Crippen LogP contribution in [0.2, 0.25) is 0 Å². The van der Waals surface area contributed by atoms with Gasteiger partial charge in [-0.1, -0.05) is 6.08 Å². The molecular formula is C14H21NO3. The third-order valence-electron chi connectivity index (χ3n) is 4.41. The second-order valence-corrected chi connectivity index (χ2v) is 5.37. The molecule has 0 aromatic carbocycles. The Morgan fingerprint density at radius 1 is 1.50 bits per heavy atom. The summed E-state index contributed by atoms with van der Waals surface area (Å²) in [5, 5.41) is 0. The van der Waals surface area contributed by atoms with Crippen molar-refractivity contribution >= 4 is 5.91 Å². The quantitative estimate of drug-likeness (QED) is 0.746. The van der Waals surface area contributed by atoms with Gasteiger partial charge in [-0.15, -0.1) is 0 Å². The average molecular weight is 251 g/mol. The fraction of sp³-hybridized carbons (Fsp3) is 0.786. The zero-order valence-corrected chi connectivity index (χ0v) is 10.9. The van der Waals surface area contributed by atoms with Gasteiger partial charge in [0, 0.05) is 19.2 Å². The lowest BCUT2D eigenvalue weighted by Crippen LogP contribution is -2.54. The van der Waals surface area contributed by atoms with E-state index in [9.17, 15) is 4.79 Å². The Bertz CT molecular complexity index is 366.